The van der Waals surface area contributed by atoms with E-state index in [4.69, 9.17) is 0 Å². The fraction of sp³-hybridized carbons (Fsp3) is 0.357. The first-order valence-electron chi connectivity index (χ1n) is 6.01. The second kappa shape index (κ2) is 4.09. The second-order valence-electron chi connectivity index (χ2n) is 4.81. The lowest BCUT2D eigenvalue weighted by molar-refractivity contribution is 0.230. The second-order valence-corrected chi connectivity index (χ2v) is 4.81. The first-order valence-corrected chi connectivity index (χ1v) is 6.01. The lowest BCUT2D eigenvalue weighted by Gasteiger charge is -2.15. The molecule has 1 heterocycles. The zero-order chi connectivity index (χ0) is 11.7. The van der Waals surface area contributed by atoms with Gasteiger partial charge in [0, 0.05) is 29.9 Å². The molecule has 0 amide bonds. The molecule has 1 aliphatic rings. The molecule has 2 N–H and O–H groups in total. The maximum absolute atomic E-state index is 9.27. The topological polar surface area (TPSA) is 45.1 Å². The lowest BCUT2D eigenvalue weighted by Crippen LogP contribution is -2.34. The largest absolute Gasteiger partial charge is 0.394 e. The Morgan fingerprint density at radius 1 is 1.24 bits per heavy atom. The number of nitrogens with zero attached hydrogens (tertiary/aromatic N) is 1. The minimum absolute atomic E-state index is 0.0169. The van der Waals surface area contributed by atoms with Crippen LogP contribution in [0.2, 0.25) is 0 Å². The maximum atomic E-state index is 9.27. The molecule has 0 bridgehead atoms. The van der Waals surface area contributed by atoms with Crippen LogP contribution < -0.4 is 5.32 Å². The van der Waals surface area contributed by atoms with Gasteiger partial charge in [-0.25, -0.2) is 0 Å². The first-order chi connectivity index (χ1) is 8.33. The highest BCUT2D eigenvalue weighted by molar-refractivity contribution is 5.84. The Morgan fingerprint density at radius 3 is 2.82 bits per heavy atom. The van der Waals surface area contributed by atoms with E-state index >= 15 is 0 Å². The fourth-order valence-corrected chi connectivity index (χ4v) is 2.14. The minimum atomic E-state index is -0.0169. The van der Waals surface area contributed by atoms with Crippen LogP contribution in [0, 0.1) is 0 Å². The van der Waals surface area contributed by atoms with Gasteiger partial charge in [0.2, 0.25) is 0 Å². The monoisotopic (exact) mass is 228 g/mol. The number of hydrogen-bond acceptors (Lipinski definition) is 3. The van der Waals surface area contributed by atoms with Gasteiger partial charge in [-0.1, -0.05) is 24.3 Å². The molecule has 1 aromatic heterocycles. The zero-order valence-corrected chi connectivity index (χ0v) is 9.69. The van der Waals surface area contributed by atoms with Gasteiger partial charge in [0.25, 0.3) is 0 Å². The molecule has 0 unspecified atom stereocenters. The molecule has 0 radical (unpaired) electrons. The zero-order valence-electron chi connectivity index (χ0n) is 9.69. The number of aromatic nitrogens is 1. The van der Waals surface area contributed by atoms with Crippen LogP contribution >= 0.6 is 0 Å². The maximum Gasteiger partial charge on any atom is 0.0613 e. The third kappa shape index (κ3) is 2.04. The number of rotatable bonds is 4. The molecule has 0 saturated heterocycles. The van der Waals surface area contributed by atoms with Crippen LogP contribution in [-0.4, -0.2) is 22.2 Å². The van der Waals surface area contributed by atoms with Gasteiger partial charge in [-0.2, -0.15) is 0 Å². The number of pyridine rings is 1. The fourth-order valence-electron chi connectivity index (χ4n) is 2.14. The molecule has 1 fully saturated rings. The molecule has 0 spiro atoms. The summed E-state index contributed by atoms with van der Waals surface area (Å²) < 4.78 is 0. The molecule has 1 aromatic carbocycles. The minimum Gasteiger partial charge on any atom is -0.394 e. The third-order valence-electron chi connectivity index (χ3n) is 3.56. The molecular formula is C14H16N2O. The highest BCUT2D eigenvalue weighted by Crippen LogP contribution is 2.35. The summed E-state index contributed by atoms with van der Waals surface area (Å²) in [4.78, 5) is 4.26. The summed E-state index contributed by atoms with van der Waals surface area (Å²) in [6, 6.07) is 8.26. The smallest absolute Gasteiger partial charge is 0.0613 e. The molecule has 3 heteroatoms. The van der Waals surface area contributed by atoms with Crippen molar-refractivity contribution in [3.05, 3.63) is 42.2 Å². The standard InChI is InChI=1S/C14H16N2O/c17-10-14(5-6-14)16-9-12-8-15-7-11-3-1-2-4-13(11)12/h1-4,7-8,16-17H,5-6,9-10H2. The van der Waals surface area contributed by atoms with Gasteiger partial charge < -0.3 is 10.4 Å². The highest BCUT2D eigenvalue weighted by Gasteiger charge is 2.41. The Bertz CT molecular complexity index is 529. The molecule has 0 atom stereocenters. The number of hydrogen-bond donors (Lipinski definition) is 2. The van der Waals surface area contributed by atoms with Crippen LogP contribution in [0.5, 0.6) is 0 Å². The first kappa shape index (κ1) is 10.7. The van der Waals surface area contributed by atoms with Gasteiger partial charge in [0.1, 0.15) is 0 Å². The van der Waals surface area contributed by atoms with Gasteiger partial charge in [0.05, 0.1) is 6.61 Å². The normalized spacial score (nSPS) is 17.2. The van der Waals surface area contributed by atoms with Gasteiger partial charge in [-0.15, -0.1) is 0 Å². The molecular weight excluding hydrogens is 212 g/mol. The van der Waals surface area contributed by atoms with Crippen molar-refractivity contribution >= 4 is 10.8 Å². The van der Waals surface area contributed by atoms with E-state index in [9.17, 15) is 5.11 Å². The Kier molecular flexibility index (Phi) is 2.57. The van der Waals surface area contributed by atoms with Crippen molar-refractivity contribution in [3.8, 4) is 0 Å². The summed E-state index contributed by atoms with van der Waals surface area (Å²) >= 11 is 0. The van der Waals surface area contributed by atoms with E-state index in [1.54, 1.807) is 0 Å². The van der Waals surface area contributed by atoms with Crippen LogP contribution in [0.25, 0.3) is 10.8 Å². The van der Waals surface area contributed by atoms with Crippen molar-refractivity contribution in [3.63, 3.8) is 0 Å². The highest BCUT2D eigenvalue weighted by atomic mass is 16.3. The molecule has 1 aliphatic carbocycles. The van der Waals surface area contributed by atoms with Crippen molar-refractivity contribution in [2.24, 2.45) is 0 Å². The molecule has 3 nitrogen and oxygen atoms in total. The van der Waals surface area contributed by atoms with Crippen molar-refractivity contribution < 1.29 is 5.11 Å². The van der Waals surface area contributed by atoms with Crippen molar-refractivity contribution in [2.45, 2.75) is 24.9 Å². The van der Waals surface area contributed by atoms with E-state index in [1.807, 2.05) is 24.5 Å². The van der Waals surface area contributed by atoms with Crippen LogP contribution in [0.1, 0.15) is 18.4 Å². The average molecular weight is 228 g/mol. The van der Waals surface area contributed by atoms with E-state index < -0.39 is 0 Å². The summed E-state index contributed by atoms with van der Waals surface area (Å²) in [5.74, 6) is 0. The Hall–Kier alpha value is -1.45. The van der Waals surface area contributed by atoms with Crippen molar-refractivity contribution in [1.82, 2.24) is 10.3 Å². The van der Waals surface area contributed by atoms with Crippen LogP contribution in [0.15, 0.2) is 36.7 Å². The summed E-state index contributed by atoms with van der Waals surface area (Å²) in [6.07, 6.45) is 5.93. The average Bonchev–Trinajstić information content (AvgIpc) is 3.17. The SMILES string of the molecule is OCC1(NCc2cncc3ccccc23)CC1. The van der Waals surface area contributed by atoms with Crippen molar-refractivity contribution in [2.75, 3.05) is 6.61 Å². The molecule has 0 aliphatic heterocycles. The number of aliphatic hydroxyl groups is 1. The Balaban J connectivity index is 1.85. The molecule has 2 aromatic rings. The molecule has 17 heavy (non-hydrogen) atoms. The van der Waals surface area contributed by atoms with Gasteiger partial charge in [-0.3, -0.25) is 4.98 Å². The third-order valence-corrected chi connectivity index (χ3v) is 3.56. The van der Waals surface area contributed by atoms with E-state index in [0.29, 0.717) is 0 Å². The van der Waals surface area contributed by atoms with E-state index in [2.05, 4.69) is 22.4 Å². The van der Waals surface area contributed by atoms with E-state index in [-0.39, 0.29) is 12.1 Å². The predicted octanol–water partition coefficient (Wildman–Crippen LogP) is 1.85. The number of fused-ring (bicyclic) bond motifs is 1. The quantitative estimate of drug-likeness (QED) is 0.839. The molecule has 88 valence electrons. The van der Waals surface area contributed by atoms with Gasteiger partial charge >= 0.3 is 0 Å². The Labute approximate surface area is 100 Å². The number of aliphatic hydroxyl groups excluding tert-OH is 1. The molecule has 1 saturated carbocycles. The van der Waals surface area contributed by atoms with Crippen LogP contribution in [0.4, 0.5) is 0 Å². The number of benzene rings is 1. The summed E-state index contributed by atoms with van der Waals surface area (Å²) in [7, 11) is 0. The summed E-state index contributed by atoms with van der Waals surface area (Å²) in [6.45, 7) is 1.00. The van der Waals surface area contributed by atoms with Gasteiger partial charge in [0.15, 0.2) is 0 Å². The van der Waals surface area contributed by atoms with E-state index in [0.717, 1.165) is 19.4 Å². The predicted molar refractivity (Wildman–Crippen MR) is 67.6 cm³/mol. The molecule has 3 rings (SSSR count). The van der Waals surface area contributed by atoms with E-state index in [1.165, 1.54) is 16.3 Å². The van der Waals surface area contributed by atoms with Crippen molar-refractivity contribution in [1.29, 1.82) is 0 Å². The number of nitrogens with one attached hydrogen (secondary N) is 1. The van der Waals surface area contributed by atoms with Gasteiger partial charge in [-0.05, 0) is 23.8 Å². The summed E-state index contributed by atoms with van der Waals surface area (Å²) in [5.41, 5.74) is 1.18. The van der Waals surface area contributed by atoms with Crippen LogP contribution in [-0.2, 0) is 6.54 Å². The van der Waals surface area contributed by atoms with Crippen LogP contribution in [0.3, 0.4) is 0 Å². The summed E-state index contributed by atoms with van der Waals surface area (Å²) in [5, 5.41) is 15.1. The lowest BCUT2D eigenvalue weighted by atomic mass is 10.1. The Morgan fingerprint density at radius 2 is 2.06 bits per heavy atom.